The summed E-state index contributed by atoms with van der Waals surface area (Å²) in [5.41, 5.74) is 2.81. The van der Waals surface area contributed by atoms with Gasteiger partial charge in [0, 0.05) is 18.1 Å². The lowest BCUT2D eigenvalue weighted by Gasteiger charge is -2.25. The Kier molecular flexibility index (Phi) is 5.92. The third kappa shape index (κ3) is 4.87. The van der Waals surface area contributed by atoms with Gasteiger partial charge in [0.2, 0.25) is 5.91 Å². The zero-order valence-electron chi connectivity index (χ0n) is 17.7. The highest BCUT2D eigenvalue weighted by atomic mass is 16.6. The van der Waals surface area contributed by atoms with Crippen LogP contribution in [0.3, 0.4) is 0 Å². The average molecular weight is 402 g/mol. The number of fused-ring (bicyclic) bond motifs is 1. The van der Waals surface area contributed by atoms with Crippen molar-refractivity contribution in [3.63, 3.8) is 0 Å². The highest BCUT2D eigenvalue weighted by Gasteiger charge is 2.21. The summed E-state index contributed by atoms with van der Waals surface area (Å²) in [6.45, 7) is 9.02. The summed E-state index contributed by atoms with van der Waals surface area (Å²) in [5.74, 6) is -0.257. The Morgan fingerprint density at radius 2 is 1.70 bits per heavy atom. The lowest BCUT2D eigenvalue weighted by molar-refractivity contribution is -0.111. The molecule has 0 atom stereocenters. The van der Waals surface area contributed by atoms with Crippen molar-refractivity contribution in [3.8, 4) is 11.1 Å². The third-order valence-electron chi connectivity index (χ3n) is 4.54. The minimum atomic E-state index is -0.572. The molecule has 0 saturated carbocycles. The summed E-state index contributed by atoms with van der Waals surface area (Å²) in [5, 5.41) is 4.73. The third-order valence-corrected chi connectivity index (χ3v) is 4.54. The van der Waals surface area contributed by atoms with Crippen LogP contribution in [0.5, 0.6) is 0 Å². The number of nitrogens with zero attached hydrogens (tertiary/aromatic N) is 1. The predicted molar refractivity (Wildman–Crippen MR) is 123 cm³/mol. The fourth-order valence-electron chi connectivity index (χ4n) is 3.13. The number of ether oxygens (including phenoxy) is 1. The maximum atomic E-state index is 12.6. The van der Waals surface area contributed by atoms with E-state index in [1.807, 2.05) is 81.4 Å². The van der Waals surface area contributed by atoms with E-state index >= 15 is 0 Å². The lowest BCUT2D eigenvalue weighted by Crippen LogP contribution is -2.34. The van der Waals surface area contributed by atoms with Crippen LogP contribution in [0.15, 0.2) is 73.3 Å². The molecule has 0 heterocycles. The summed E-state index contributed by atoms with van der Waals surface area (Å²) in [4.78, 5) is 25.7. The number of nitrogens with one attached hydrogen (secondary N) is 1. The van der Waals surface area contributed by atoms with Gasteiger partial charge in [-0.15, -0.1) is 0 Å². The van der Waals surface area contributed by atoms with Crippen molar-refractivity contribution in [1.82, 2.24) is 0 Å². The van der Waals surface area contributed by atoms with E-state index < -0.39 is 11.7 Å². The molecule has 3 aromatic carbocycles. The summed E-state index contributed by atoms with van der Waals surface area (Å²) >= 11 is 0. The Hall–Kier alpha value is -3.60. The molecule has 3 rings (SSSR count). The lowest BCUT2D eigenvalue weighted by atomic mass is 9.99. The zero-order chi connectivity index (χ0) is 21.9. The highest BCUT2D eigenvalue weighted by Crippen LogP contribution is 2.32. The van der Waals surface area contributed by atoms with Crippen molar-refractivity contribution in [3.05, 3.63) is 73.3 Å². The molecule has 5 nitrogen and oxygen atoms in total. The maximum Gasteiger partial charge on any atom is 0.414 e. The summed E-state index contributed by atoms with van der Waals surface area (Å²) in [7, 11) is 1.71. The summed E-state index contributed by atoms with van der Waals surface area (Å²) < 4.78 is 5.52. The van der Waals surface area contributed by atoms with E-state index in [-0.39, 0.29) is 5.91 Å². The molecule has 5 heteroatoms. The second kappa shape index (κ2) is 8.41. The minimum Gasteiger partial charge on any atom is -0.443 e. The van der Waals surface area contributed by atoms with Gasteiger partial charge in [0.05, 0.1) is 5.69 Å². The molecule has 0 radical (unpaired) electrons. The van der Waals surface area contributed by atoms with Crippen LogP contribution in [-0.2, 0) is 9.53 Å². The molecule has 0 aliphatic heterocycles. The van der Waals surface area contributed by atoms with Gasteiger partial charge in [-0.1, -0.05) is 43.0 Å². The molecular formula is C25H26N2O3. The van der Waals surface area contributed by atoms with Crippen molar-refractivity contribution in [1.29, 1.82) is 0 Å². The fraction of sp³-hybridized carbons (Fsp3) is 0.200. The second-order valence-electron chi connectivity index (χ2n) is 8.03. The van der Waals surface area contributed by atoms with Crippen LogP contribution in [0.2, 0.25) is 0 Å². The van der Waals surface area contributed by atoms with Crippen LogP contribution in [0.4, 0.5) is 16.2 Å². The van der Waals surface area contributed by atoms with Crippen LogP contribution in [0.25, 0.3) is 21.9 Å². The first-order chi connectivity index (χ1) is 14.2. The molecule has 2 amide bonds. The van der Waals surface area contributed by atoms with Crippen molar-refractivity contribution in [2.75, 3.05) is 17.3 Å². The molecule has 0 bridgehead atoms. The highest BCUT2D eigenvalue weighted by molar-refractivity contribution is 6.03. The first-order valence-electron chi connectivity index (χ1n) is 9.71. The number of amides is 2. The molecule has 154 valence electrons. The molecule has 1 N–H and O–H groups in total. The average Bonchev–Trinajstić information content (AvgIpc) is 2.71. The van der Waals surface area contributed by atoms with E-state index in [1.54, 1.807) is 7.05 Å². The molecule has 0 fully saturated rings. The normalized spacial score (nSPS) is 11.1. The Morgan fingerprint density at radius 3 is 2.40 bits per heavy atom. The molecule has 3 aromatic rings. The smallest absolute Gasteiger partial charge is 0.414 e. The molecule has 0 spiro atoms. The van der Waals surface area contributed by atoms with Crippen LogP contribution in [0, 0.1) is 0 Å². The van der Waals surface area contributed by atoms with Gasteiger partial charge in [-0.2, -0.15) is 0 Å². The standard InChI is InChI=1S/C25H26N2O3/c1-6-23(28)26-20-11-7-10-18(15-20)19-14-13-17-9-8-12-22(21(17)16-19)27(5)24(29)30-25(2,3)4/h6-16H,1H2,2-5H3,(H,26,28). The molecule has 0 aliphatic rings. The first-order valence-corrected chi connectivity index (χ1v) is 9.71. The number of hydrogen-bond donors (Lipinski definition) is 1. The number of rotatable bonds is 4. The van der Waals surface area contributed by atoms with E-state index in [0.717, 1.165) is 27.6 Å². The zero-order valence-corrected chi connectivity index (χ0v) is 17.7. The van der Waals surface area contributed by atoms with Gasteiger partial charge in [-0.25, -0.2) is 4.79 Å². The predicted octanol–water partition coefficient (Wildman–Crippen LogP) is 6.00. The van der Waals surface area contributed by atoms with Crippen molar-refractivity contribution in [2.24, 2.45) is 0 Å². The molecule has 0 aromatic heterocycles. The SMILES string of the molecule is C=CC(=O)Nc1cccc(-c2ccc3cccc(N(C)C(=O)OC(C)(C)C)c3c2)c1. The Balaban J connectivity index is 2.01. The molecular weight excluding hydrogens is 376 g/mol. The van der Waals surface area contributed by atoms with Crippen molar-refractivity contribution in [2.45, 2.75) is 26.4 Å². The number of anilines is 2. The van der Waals surface area contributed by atoms with Gasteiger partial charge < -0.3 is 10.1 Å². The van der Waals surface area contributed by atoms with Crippen LogP contribution < -0.4 is 10.2 Å². The molecule has 0 saturated heterocycles. The quantitative estimate of drug-likeness (QED) is 0.544. The largest absolute Gasteiger partial charge is 0.443 e. The van der Waals surface area contributed by atoms with E-state index in [2.05, 4.69) is 11.9 Å². The van der Waals surface area contributed by atoms with E-state index in [4.69, 9.17) is 4.74 Å². The summed E-state index contributed by atoms with van der Waals surface area (Å²) in [6.07, 6.45) is 0.830. The Morgan fingerprint density at radius 1 is 1.00 bits per heavy atom. The molecule has 30 heavy (non-hydrogen) atoms. The van der Waals surface area contributed by atoms with E-state index in [1.165, 1.54) is 11.0 Å². The van der Waals surface area contributed by atoms with Crippen LogP contribution >= 0.6 is 0 Å². The minimum absolute atomic E-state index is 0.257. The van der Waals surface area contributed by atoms with Crippen molar-refractivity contribution < 1.29 is 14.3 Å². The van der Waals surface area contributed by atoms with Gasteiger partial charge >= 0.3 is 6.09 Å². The second-order valence-corrected chi connectivity index (χ2v) is 8.03. The fourth-order valence-corrected chi connectivity index (χ4v) is 3.13. The van der Waals surface area contributed by atoms with E-state index in [0.29, 0.717) is 5.69 Å². The van der Waals surface area contributed by atoms with Gasteiger partial charge in [0.25, 0.3) is 0 Å². The Bertz CT molecular complexity index is 1110. The van der Waals surface area contributed by atoms with Gasteiger partial charge in [0.1, 0.15) is 5.60 Å². The van der Waals surface area contributed by atoms with Gasteiger partial charge in [-0.05, 0) is 67.6 Å². The Labute approximate surface area is 177 Å². The molecule has 0 aliphatic carbocycles. The van der Waals surface area contributed by atoms with Crippen LogP contribution in [-0.4, -0.2) is 24.6 Å². The van der Waals surface area contributed by atoms with Gasteiger partial charge in [0.15, 0.2) is 0 Å². The van der Waals surface area contributed by atoms with Crippen LogP contribution in [0.1, 0.15) is 20.8 Å². The van der Waals surface area contributed by atoms with E-state index in [9.17, 15) is 9.59 Å². The monoisotopic (exact) mass is 402 g/mol. The number of carbonyl (C=O) groups is 2. The number of benzene rings is 3. The molecule has 0 unspecified atom stereocenters. The van der Waals surface area contributed by atoms with Gasteiger partial charge in [-0.3, -0.25) is 9.69 Å². The number of hydrogen-bond acceptors (Lipinski definition) is 3. The van der Waals surface area contributed by atoms with Crippen molar-refractivity contribution >= 4 is 34.1 Å². The maximum absolute atomic E-state index is 12.6. The topological polar surface area (TPSA) is 58.6 Å². The first kappa shape index (κ1) is 21.1. The number of carbonyl (C=O) groups excluding carboxylic acids is 2. The summed E-state index contributed by atoms with van der Waals surface area (Å²) in [6, 6.07) is 19.5.